The minimum absolute atomic E-state index is 0.0514. The van der Waals surface area contributed by atoms with Crippen LogP contribution >= 0.6 is 0 Å². The Bertz CT molecular complexity index is 687. The zero-order valence-electron chi connectivity index (χ0n) is 14.9. The van der Waals surface area contributed by atoms with Crippen LogP contribution in [0.15, 0.2) is 54.6 Å². The topological polar surface area (TPSA) is 76.7 Å². The zero-order chi connectivity index (χ0) is 18.6. The van der Waals surface area contributed by atoms with Crippen molar-refractivity contribution < 1.29 is 19.1 Å². The summed E-state index contributed by atoms with van der Waals surface area (Å²) in [6, 6.07) is 16.6. The lowest BCUT2D eigenvalue weighted by Crippen LogP contribution is -2.37. The first kappa shape index (κ1) is 19.3. The van der Waals surface area contributed by atoms with Gasteiger partial charge in [0.05, 0.1) is 13.0 Å². The summed E-state index contributed by atoms with van der Waals surface area (Å²) in [7, 11) is 0. The van der Waals surface area contributed by atoms with Gasteiger partial charge in [-0.1, -0.05) is 30.3 Å². The number of amides is 2. The SMILES string of the molecule is CCOc1ccc(CC(=O)NCCNC(=O)COc2ccccc2)cc1. The van der Waals surface area contributed by atoms with Gasteiger partial charge >= 0.3 is 0 Å². The van der Waals surface area contributed by atoms with Gasteiger partial charge in [0, 0.05) is 13.1 Å². The summed E-state index contributed by atoms with van der Waals surface area (Å²) < 4.78 is 10.7. The van der Waals surface area contributed by atoms with E-state index in [1.165, 1.54) is 0 Å². The van der Waals surface area contributed by atoms with Gasteiger partial charge in [-0.2, -0.15) is 0 Å². The van der Waals surface area contributed by atoms with E-state index in [-0.39, 0.29) is 24.8 Å². The molecule has 0 aliphatic rings. The molecule has 0 unspecified atom stereocenters. The molecule has 0 saturated heterocycles. The van der Waals surface area contributed by atoms with Crippen LogP contribution in [0.3, 0.4) is 0 Å². The van der Waals surface area contributed by atoms with Crippen LogP contribution in [0.4, 0.5) is 0 Å². The highest BCUT2D eigenvalue weighted by Crippen LogP contribution is 2.12. The van der Waals surface area contributed by atoms with E-state index in [9.17, 15) is 9.59 Å². The van der Waals surface area contributed by atoms with Crippen molar-refractivity contribution in [3.63, 3.8) is 0 Å². The maximum Gasteiger partial charge on any atom is 0.258 e. The Morgan fingerprint density at radius 1 is 0.808 bits per heavy atom. The smallest absolute Gasteiger partial charge is 0.258 e. The largest absolute Gasteiger partial charge is 0.494 e. The summed E-state index contributed by atoms with van der Waals surface area (Å²) >= 11 is 0. The fourth-order valence-corrected chi connectivity index (χ4v) is 2.24. The second-order valence-electron chi connectivity index (χ2n) is 5.56. The van der Waals surface area contributed by atoms with Crippen molar-refractivity contribution in [2.24, 2.45) is 0 Å². The first-order chi connectivity index (χ1) is 12.7. The molecular weight excluding hydrogens is 332 g/mol. The van der Waals surface area contributed by atoms with E-state index in [2.05, 4.69) is 10.6 Å². The predicted molar refractivity (Wildman–Crippen MR) is 99.3 cm³/mol. The molecule has 2 N–H and O–H groups in total. The molecule has 2 rings (SSSR count). The van der Waals surface area contributed by atoms with Crippen LogP contribution in [0.2, 0.25) is 0 Å². The quantitative estimate of drug-likeness (QED) is 0.638. The molecule has 6 heteroatoms. The minimum Gasteiger partial charge on any atom is -0.494 e. The van der Waals surface area contributed by atoms with Crippen LogP contribution in [0, 0.1) is 0 Å². The first-order valence-electron chi connectivity index (χ1n) is 8.60. The fourth-order valence-electron chi connectivity index (χ4n) is 2.24. The molecule has 138 valence electrons. The molecule has 2 aromatic carbocycles. The van der Waals surface area contributed by atoms with Crippen LogP contribution < -0.4 is 20.1 Å². The van der Waals surface area contributed by atoms with Crippen LogP contribution in [0.1, 0.15) is 12.5 Å². The Morgan fingerprint density at radius 3 is 2.08 bits per heavy atom. The Labute approximate surface area is 153 Å². The van der Waals surface area contributed by atoms with Gasteiger partial charge in [0.15, 0.2) is 6.61 Å². The number of hydrogen-bond donors (Lipinski definition) is 2. The third-order valence-corrected chi connectivity index (χ3v) is 3.48. The summed E-state index contributed by atoms with van der Waals surface area (Å²) in [6.07, 6.45) is 0.289. The Hall–Kier alpha value is -3.02. The summed E-state index contributed by atoms with van der Waals surface area (Å²) in [5.41, 5.74) is 0.909. The third kappa shape index (κ3) is 7.25. The molecule has 0 bridgehead atoms. The minimum atomic E-state index is -0.227. The fraction of sp³-hybridized carbons (Fsp3) is 0.300. The summed E-state index contributed by atoms with van der Waals surface area (Å²) in [5, 5.41) is 5.47. The average Bonchev–Trinajstić information content (AvgIpc) is 2.66. The Morgan fingerprint density at radius 2 is 1.42 bits per heavy atom. The average molecular weight is 356 g/mol. The van der Waals surface area contributed by atoms with E-state index in [1.807, 2.05) is 49.4 Å². The number of carbonyl (C=O) groups excluding carboxylic acids is 2. The van der Waals surface area contributed by atoms with Gasteiger partial charge in [0.2, 0.25) is 5.91 Å². The van der Waals surface area contributed by atoms with Crippen LogP contribution in [-0.4, -0.2) is 38.1 Å². The molecule has 0 aliphatic heterocycles. The second-order valence-corrected chi connectivity index (χ2v) is 5.56. The van der Waals surface area contributed by atoms with Gasteiger partial charge in [-0.05, 0) is 36.8 Å². The standard InChI is InChI=1S/C20H24N2O4/c1-2-25-18-10-8-16(9-11-18)14-19(23)21-12-13-22-20(24)15-26-17-6-4-3-5-7-17/h3-11H,2,12-15H2,1H3,(H,21,23)(H,22,24). The van der Waals surface area contributed by atoms with Crippen molar-refractivity contribution in [2.45, 2.75) is 13.3 Å². The zero-order valence-corrected chi connectivity index (χ0v) is 14.9. The van der Waals surface area contributed by atoms with Gasteiger partial charge in [-0.15, -0.1) is 0 Å². The van der Waals surface area contributed by atoms with Crippen molar-refractivity contribution in [1.29, 1.82) is 0 Å². The normalized spacial score (nSPS) is 10.0. The van der Waals surface area contributed by atoms with E-state index in [0.717, 1.165) is 11.3 Å². The van der Waals surface area contributed by atoms with Crippen molar-refractivity contribution in [3.05, 3.63) is 60.2 Å². The van der Waals surface area contributed by atoms with E-state index in [0.29, 0.717) is 25.4 Å². The van der Waals surface area contributed by atoms with Gasteiger partial charge < -0.3 is 20.1 Å². The number of nitrogens with one attached hydrogen (secondary N) is 2. The van der Waals surface area contributed by atoms with E-state index < -0.39 is 0 Å². The van der Waals surface area contributed by atoms with Gasteiger partial charge in [0.1, 0.15) is 11.5 Å². The molecule has 2 aromatic rings. The van der Waals surface area contributed by atoms with Crippen LogP contribution in [-0.2, 0) is 16.0 Å². The molecule has 26 heavy (non-hydrogen) atoms. The lowest BCUT2D eigenvalue weighted by atomic mass is 10.1. The van der Waals surface area contributed by atoms with E-state index in [4.69, 9.17) is 9.47 Å². The monoisotopic (exact) mass is 356 g/mol. The highest BCUT2D eigenvalue weighted by molar-refractivity contribution is 5.79. The van der Waals surface area contributed by atoms with Crippen molar-refractivity contribution >= 4 is 11.8 Å². The first-order valence-corrected chi connectivity index (χ1v) is 8.60. The highest BCUT2D eigenvalue weighted by atomic mass is 16.5. The summed E-state index contributed by atoms with van der Waals surface area (Å²) in [5.74, 6) is 1.11. The molecule has 0 aliphatic carbocycles. The van der Waals surface area contributed by atoms with Crippen LogP contribution in [0.25, 0.3) is 0 Å². The second kappa shape index (κ2) is 10.8. The van der Waals surface area contributed by atoms with Crippen molar-refractivity contribution in [2.75, 3.05) is 26.3 Å². The molecule has 0 atom stereocenters. The van der Waals surface area contributed by atoms with Gasteiger partial charge in [-0.3, -0.25) is 9.59 Å². The molecule has 2 amide bonds. The maximum atomic E-state index is 11.9. The predicted octanol–water partition coefficient (Wildman–Crippen LogP) is 1.94. The lowest BCUT2D eigenvalue weighted by molar-refractivity contribution is -0.124. The number of rotatable bonds is 10. The Balaban J connectivity index is 1.58. The third-order valence-electron chi connectivity index (χ3n) is 3.48. The molecule has 0 spiro atoms. The number of ether oxygens (including phenoxy) is 2. The molecule has 0 saturated carbocycles. The summed E-state index contributed by atoms with van der Waals surface area (Å²) in [6.45, 7) is 3.21. The highest BCUT2D eigenvalue weighted by Gasteiger charge is 2.05. The summed E-state index contributed by atoms with van der Waals surface area (Å²) in [4.78, 5) is 23.6. The van der Waals surface area contributed by atoms with E-state index >= 15 is 0 Å². The van der Waals surface area contributed by atoms with Crippen molar-refractivity contribution in [1.82, 2.24) is 10.6 Å². The lowest BCUT2D eigenvalue weighted by Gasteiger charge is -2.09. The molecule has 0 fully saturated rings. The number of para-hydroxylation sites is 1. The molecular formula is C20H24N2O4. The van der Waals surface area contributed by atoms with Gasteiger partial charge in [-0.25, -0.2) is 0 Å². The number of benzene rings is 2. The number of carbonyl (C=O) groups is 2. The van der Waals surface area contributed by atoms with Crippen LogP contribution in [0.5, 0.6) is 11.5 Å². The molecule has 0 aromatic heterocycles. The van der Waals surface area contributed by atoms with Gasteiger partial charge in [0.25, 0.3) is 5.91 Å². The molecule has 0 radical (unpaired) electrons. The Kier molecular flexibility index (Phi) is 7.99. The van der Waals surface area contributed by atoms with Crippen molar-refractivity contribution in [3.8, 4) is 11.5 Å². The van der Waals surface area contributed by atoms with E-state index in [1.54, 1.807) is 12.1 Å². The molecule has 6 nitrogen and oxygen atoms in total. The maximum absolute atomic E-state index is 11.9. The number of hydrogen-bond acceptors (Lipinski definition) is 4. The molecule has 0 heterocycles.